The van der Waals surface area contributed by atoms with Crippen LogP contribution in [0.2, 0.25) is 0 Å². The van der Waals surface area contributed by atoms with Crippen LogP contribution in [0.4, 0.5) is 5.69 Å². The minimum atomic E-state index is -0.255. The fraction of sp³-hybridized carbons (Fsp3) is 0.474. The van der Waals surface area contributed by atoms with Crippen LogP contribution >= 0.6 is 0 Å². The van der Waals surface area contributed by atoms with Gasteiger partial charge in [0, 0.05) is 17.7 Å². The van der Waals surface area contributed by atoms with Crippen LogP contribution in [0.1, 0.15) is 61.4 Å². The molecule has 22 heavy (non-hydrogen) atoms. The zero-order chi connectivity index (χ0) is 15.9. The van der Waals surface area contributed by atoms with Crippen molar-refractivity contribution in [3.8, 4) is 0 Å². The molecular formula is C19H25NO2. The van der Waals surface area contributed by atoms with Gasteiger partial charge in [-0.2, -0.15) is 0 Å². The Hall–Kier alpha value is -1.90. The lowest BCUT2D eigenvalue weighted by Gasteiger charge is -2.21. The topological polar surface area (TPSA) is 46.2 Å². The normalized spacial score (nSPS) is 15.3. The second-order valence-corrected chi connectivity index (χ2v) is 6.05. The van der Waals surface area contributed by atoms with E-state index in [0.717, 1.165) is 17.5 Å². The summed E-state index contributed by atoms with van der Waals surface area (Å²) in [6, 6.07) is 5.59. The number of carbonyl (C=O) groups excluding carboxylic acids is 2. The van der Waals surface area contributed by atoms with Gasteiger partial charge in [-0.25, -0.2) is 0 Å². The molecule has 1 fully saturated rings. The van der Waals surface area contributed by atoms with Crippen LogP contribution in [0, 0.1) is 5.92 Å². The molecule has 1 aromatic rings. The summed E-state index contributed by atoms with van der Waals surface area (Å²) >= 11 is 0. The summed E-state index contributed by atoms with van der Waals surface area (Å²) in [6.45, 7) is 5.50. The van der Waals surface area contributed by atoms with Gasteiger partial charge in [0.1, 0.15) is 0 Å². The predicted molar refractivity (Wildman–Crippen MR) is 90.2 cm³/mol. The Morgan fingerprint density at radius 3 is 2.64 bits per heavy atom. The number of carbonyl (C=O) groups is 2. The Morgan fingerprint density at radius 1 is 1.27 bits per heavy atom. The molecule has 0 heterocycles. The van der Waals surface area contributed by atoms with E-state index in [1.54, 1.807) is 0 Å². The Kier molecular flexibility index (Phi) is 5.93. The van der Waals surface area contributed by atoms with Crippen molar-refractivity contribution in [3.05, 3.63) is 42.0 Å². The molecule has 3 heteroatoms. The summed E-state index contributed by atoms with van der Waals surface area (Å²) in [5, 5.41) is 2.73. The largest absolute Gasteiger partial charge is 0.323 e. The van der Waals surface area contributed by atoms with Crippen LogP contribution in [-0.2, 0) is 11.2 Å². The molecule has 1 amide bonds. The van der Waals surface area contributed by atoms with Crippen molar-refractivity contribution in [1.82, 2.24) is 0 Å². The maximum Gasteiger partial charge on any atom is 0.247 e. The van der Waals surface area contributed by atoms with E-state index in [0.29, 0.717) is 18.0 Å². The van der Waals surface area contributed by atoms with E-state index in [2.05, 4.69) is 18.8 Å². The third-order valence-electron chi connectivity index (χ3n) is 4.44. The number of benzene rings is 1. The smallest absolute Gasteiger partial charge is 0.247 e. The molecule has 0 saturated heterocycles. The fourth-order valence-electron chi connectivity index (χ4n) is 3.18. The van der Waals surface area contributed by atoms with Crippen molar-refractivity contribution in [2.24, 2.45) is 5.92 Å². The molecule has 0 spiro atoms. The summed E-state index contributed by atoms with van der Waals surface area (Å²) in [5.74, 6) is 0.478. The maximum absolute atomic E-state index is 12.7. The van der Waals surface area contributed by atoms with E-state index in [1.165, 1.54) is 38.2 Å². The summed E-state index contributed by atoms with van der Waals surface area (Å²) in [4.78, 5) is 24.1. The molecule has 1 aliphatic carbocycles. The summed E-state index contributed by atoms with van der Waals surface area (Å²) in [6.07, 6.45) is 8.81. The number of nitrogens with one attached hydrogen (secondary N) is 1. The first-order valence-electron chi connectivity index (χ1n) is 8.23. The van der Waals surface area contributed by atoms with Crippen LogP contribution in [0.5, 0.6) is 0 Å². The summed E-state index contributed by atoms with van der Waals surface area (Å²) in [7, 11) is 0. The average molecular weight is 299 g/mol. The van der Waals surface area contributed by atoms with E-state index >= 15 is 0 Å². The number of hydrogen-bond donors (Lipinski definition) is 1. The van der Waals surface area contributed by atoms with Crippen molar-refractivity contribution in [2.45, 2.75) is 51.9 Å². The molecule has 3 nitrogen and oxygen atoms in total. The van der Waals surface area contributed by atoms with E-state index in [1.807, 2.05) is 18.2 Å². The molecule has 1 N–H and O–H groups in total. The monoisotopic (exact) mass is 299 g/mol. The van der Waals surface area contributed by atoms with Crippen molar-refractivity contribution < 1.29 is 9.59 Å². The van der Waals surface area contributed by atoms with Crippen molar-refractivity contribution in [3.63, 3.8) is 0 Å². The van der Waals surface area contributed by atoms with Gasteiger partial charge in [0.15, 0.2) is 5.78 Å². The molecule has 0 aliphatic heterocycles. The number of rotatable bonds is 6. The molecule has 1 aliphatic rings. The molecule has 118 valence electrons. The maximum atomic E-state index is 12.7. The van der Waals surface area contributed by atoms with Crippen molar-refractivity contribution in [1.29, 1.82) is 0 Å². The molecule has 0 unspecified atom stereocenters. The quantitative estimate of drug-likeness (QED) is 0.620. The van der Waals surface area contributed by atoms with E-state index in [4.69, 9.17) is 0 Å². The Bertz CT molecular complexity index is 557. The summed E-state index contributed by atoms with van der Waals surface area (Å²) in [5.41, 5.74) is 2.47. The predicted octanol–water partition coefficient (Wildman–Crippen LogP) is 4.53. The lowest BCUT2D eigenvalue weighted by molar-refractivity contribution is -0.111. The molecule has 0 radical (unpaired) electrons. The highest BCUT2D eigenvalue weighted by Crippen LogP contribution is 2.28. The van der Waals surface area contributed by atoms with E-state index in [-0.39, 0.29) is 11.7 Å². The minimum absolute atomic E-state index is 0.207. The van der Waals surface area contributed by atoms with Gasteiger partial charge in [-0.1, -0.05) is 51.7 Å². The molecule has 1 saturated carbocycles. The minimum Gasteiger partial charge on any atom is -0.323 e. The second-order valence-electron chi connectivity index (χ2n) is 6.05. The molecule has 1 aromatic carbocycles. The highest BCUT2D eigenvalue weighted by atomic mass is 16.1. The standard InChI is InChI=1S/C19H25NO2/c1-3-15-10-11-16(20-19(22)4-2)13-17(15)18(21)12-14-8-6-5-7-9-14/h4,10-11,13-14H,2-3,5-9,12H2,1H3,(H,20,22). The highest BCUT2D eigenvalue weighted by Gasteiger charge is 2.20. The van der Waals surface area contributed by atoms with Crippen LogP contribution < -0.4 is 5.32 Å². The van der Waals surface area contributed by atoms with Gasteiger partial charge in [0.2, 0.25) is 5.91 Å². The Morgan fingerprint density at radius 2 is 2.00 bits per heavy atom. The van der Waals surface area contributed by atoms with Crippen LogP contribution in [0.3, 0.4) is 0 Å². The van der Waals surface area contributed by atoms with Gasteiger partial charge in [0.25, 0.3) is 0 Å². The van der Waals surface area contributed by atoms with Crippen LogP contribution in [0.25, 0.3) is 0 Å². The molecule has 0 bridgehead atoms. The van der Waals surface area contributed by atoms with Crippen molar-refractivity contribution >= 4 is 17.4 Å². The van der Waals surface area contributed by atoms with Gasteiger partial charge in [-0.15, -0.1) is 0 Å². The number of amides is 1. The van der Waals surface area contributed by atoms with Crippen LogP contribution in [0.15, 0.2) is 30.9 Å². The zero-order valence-electron chi connectivity index (χ0n) is 13.4. The van der Waals surface area contributed by atoms with Gasteiger partial charge < -0.3 is 5.32 Å². The van der Waals surface area contributed by atoms with Gasteiger partial charge in [-0.05, 0) is 36.1 Å². The fourth-order valence-corrected chi connectivity index (χ4v) is 3.18. The number of aryl methyl sites for hydroxylation is 1. The lowest BCUT2D eigenvalue weighted by atomic mass is 9.84. The number of Topliss-reactive ketones (excluding diaryl/α,β-unsaturated/α-hetero) is 1. The number of hydrogen-bond acceptors (Lipinski definition) is 2. The van der Waals surface area contributed by atoms with Crippen LogP contribution in [-0.4, -0.2) is 11.7 Å². The second kappa shape index (κ2) is 7.92. The average Bonchev–Trinajstić information content (AvgIpc) is 2.55. The number of ketones is 1. The molecule has 0 atom stereocenters. The first kappa shape index (κ1) is 16.5. The molecular weight excluding hydrogens is 274 g/mol. The molecule has 0 aromatic heterocycles. The third-order valence-corrected chi connectivity index (χ3v) is 4.44. The molecule has 2 rings (SSSR count). The number of anilines is 1. The van der Waals surface area contributed by atoms with Gasteiger partial charge in [0.05, 0.1) is 0 Å². The zero-order valence-corrected chi connectivity index (χ0v) is 13.4. The Labute approximate surface area is 132 Å². The summed E-state index contributed by atoms with van der Waals surface area (Å²) < 4.78 is 0. The van der Waals surface area contributed by atoms with Gasteiger partial charge >= 0.3 is 0 Å². The van der Waals surface area contributed by atoms with Crippen molar-refractivity contribution in [2.75, 3.05) is 5.32 Å². The third kappa shape index (κ3) is 4.30. The Balaban J connectivity index is 2.15. The van der Waals surface area contributed by atoms with E-state index < -0.39 is 0 Å². The van der Waals surface area contributed by atoms with E-state index in [9.17, 15) is 9.59 Å². The SMILES string of the molecule is C=CC(=O)Nc1ccc(CC)c(C(=O)CC2CCCCC2)c1. The first-order valence-corrected chi connectivity index (χ1v) is 8.23. The highest BCUT2D eigenvalue weighted by molar-refractivity contribution is 6.02. The lowest BCUT2D eigenvalue weighted by Crippen LogP contribution is -2.14. The van der Waals surface area contributed by atoms with Gasteiger partial charge in [-0.3, -0.25) is 9.59 Å². The first-order chi connectivity index (χ1) is 10.6.